The molecule has 3 aromatic carbocycles. The minimum absolute atomic E-state index is 0.0438. The number of carbonyl (C=O) groups is 2. The van der Waals surface area contributed by atoms with Crippen LogP contribution in [0, 0.1) is 0 Å². The van der Waals surface area contributed by atoms with Crippen molar-refractivity contribution in [3.05, 3.63) is 122 Å². The Hall–Kier alpha value is -3.69. The molecule has 0 radical (unpaired) electrons. The summed E-state index contributed by atoms with van der Waals surface area (Å²) in [6.45, 7) is 5.04. The number of fused-ring (bicyclic) bond motifs is 1. The van der Waals surface area contributed by atoms with Crippen molar-refractivity contribution in [3.8, 4) is 0 Å². The summed E-state index contributed by atoms with van der Waals surface area (Å²) in [5.74, 6) is -0.186. The van der Waals surface area contributed by atoms with Crippen molar-refractivity contribution in [1.29, 1.82) is 0 Å². The number of halogens is 1. The van der Waals surface area contributed by atoms with Crippen molar-refractivity contribution >= 4 is 40.4 Å². The third kappa shape index (κ3) is 8.13. The van der Waals surface area contributed by atoms with Crippen molar-refractivity contribution < 1.29 is 9.59 Å². The van der Waals surface area contributed by atoms with Crippen LogP contribution in [0.4, 0.5) is 5.69 Å². The third-order valence-electron chi connectivity index (χ3n) is 8.73. The monoisotopic (exact) mass is 641 g/mol. The van der Waals surface area contributed by atoms with Crippen molar-refractivity contribution in [2.75, 3.05) is 37.6 Å². The lowest BCUT2D eigenvalue weighted by Crippen LogP contribution is -2.58. The average Bonchev–Trinajstić information content (AvgIpc) is 3.61. The van der Waals surface area contributed by atoms with Crippen LogP contribution in [0.25, 0.3) is 0 Å². The Labute approximate surface area is 274 Å². The molecular weight excluding hydrogens is 602 g/mol. The molecule has 2 aliphatic rings. The molecule has 4 aromatic rings. The van der Waals surface area contributed by atoms with E-state index < -0.39 is 6.04 Å². The van der Waals surface area contributed by atoms with Crippen molar-refractivity contribution in [2.24, 2.45) is 0 Å². The van der Waals surface area contributed by atoms with E-state index in [0.717, 1.165) is 38.2 Å². The maximum Gasteiger partial charge on any atom is 0.245 e. The number of rotatable bonds is 11. The van der Waals surface area contributed by atoms with Gasteiger partial charge >= 0.3 is 0 Å². The van der Waals surface area contributed by atoms with Crippen LogP contribution in [0.15, 0.2) is 90.3 Å². The van der Waals surface area contributed by atoms with Crippen LogP contribution >= 0.6 is 22.9 Å². The molecule has 234 valence electrons. The Morgan fingerprint density at radius 3 is 2.44 bits per heavy atom. The number of piperazine rings is 1. The van der Waals surface area contributed by atoms with Crippen LogP contribution in [0.3, 0.4) is 0 Å². The normalized spacial score (nSPS) is 17.0. The van der Waals surface area contributed by atoms with Crippen LogP contribution in [0.1, 0.15) is 27.1 Å². The fourth-order valence-electron chi connectivity index (χ4n) is 6.21. The van der Waals surface area contributed by atoms with Crippen molar-refractivity contribution in [1.82, 2.24) is 20.9 Å². The molecule has 2 atom stereocenters. The van der Waals surface area contributed by atoms with E-state index in [1.54, 1.807) is 11.3 Å². The second-order valence-electron chi connectivity index (χ2n) is 11.7. The summed E-state index contributed by atoms with van der Waals surface area (Å²) in [4.78, 5) is 33.2. The largest absolute Gasteiger partial charge is 0.368 e. The van der Waals surface area contributed by atoms with Gasteiger partial charge in [0.15, 0.2) is 0 Å². The smallest absolute Gasteiger partial charge is 0.245 e. The number of nitrogens with one attached hydrogen (secondary N) is 3. The van der Waals surface area contributed by atoms with E-state index in [1.807, 2.05) is 41.3 Å². The molecule has 2 aliphatic heterocycles. The van der Waals surface area contributed by atoms with E-state index in [-0.39, 0.29) is 17.9 Å². The number of nitrogens with zero attached hydrogens (tertiary/aromatic N) is 2. The molecule has 0 unspecified atom stereocenters. The molecule has 1 saturated heterocycles. The predicted molar refractivity (Wildman–Crippen MR) is 183 cm³/mol. The lowest BCUT2D eigenvalue weighted by molar-refractivity contribution is -0.137. The zero-order valence-corrected chi connectivity index (χ0v) is 27.0. The Kier molecular flexibility index (Phi) is 10.5. The first-order valence-corrected chi connectivity index (χ1v) is 17.0. The van der Waals surface area contributed by atoms with Crippen LogP contribution in [0.5, 0.6) is 0 Å². The highest BCUT2D eigenvalue weighted by atomic mass is 35.5. The number of carbonyl (C=O) groups excluding carboxylic acids is 2. The van der Waals surface area contributed by atoms with Gasteiger partial charge in [-0.25, -0.2) is 0 Å². The summed E-state index contributed by atoms with van der Waals surface area (Å²) in [6, 6.07) is 27.4. The number of para-hydroxylation sites is 1. The first kappa shape index (κ1) is 31.3. The highest BCUT2D eigenvalue weighted by Crippen LogP contribution is 2.23. The van der Waals surface area contributed by atoms with Gasteiger partial charge in [-0.1, -0.05) is 72.3 Å². The van der Waals surface area contributed by atoms with E-state index in [4.69, 9.17) is 11.6 Å². The summed E-state index contributed by atoms with van der Waals surface area (Å²) >= 11 is 7.93. The van der Waals surface area contributed by atoms with Gasteiger partial charge < -0.3 is 25.8 Å². The molecule has 0 aliphatic carbocycles. The number of amides is 2. The highest BCUT2D eigenvalue weighted by molar-refractivity contribution is 7.09. The Morgan fingerprint density at radius 2 is 1.67 bits per heavy atom. The van der Waals surface area contributed by atoms with Crippen LogP contribution in [-0.4, -0.2) is 61.5 Å². The van der Waals surface area contributed by atoms with Gasteiger partial charge in [-0.05, 0) is 64.7 Å². The molecule has 3 heterocycles. The first-order chi connectivity index (χ1) is 22.0. The summed E-state index contributed by atoms with van der Waals surface area (Å²) in [7, 11) is 0. The van der Waals surface area contributed by atoms with Crippen molar-refractivity contribution in [3.63, 3.8) is 0 Å². The molecule has 0 bridgehead atoms. The quantitative estimate of drug-likeness (QED) is 0.205. The van der Waals surface area contributed by atoms with Gasteiger partial charge in [0.05, 0.1) is 6.04 Å². The molecule has 1 aromatic heterocycles. The van der Waals surface area contributed by atoms with E-state index in [1.165, 1.54) is 27.3 Å². The molecule has 6 rings (SSSR count). The minimum Gasteiger partial charge on any atom is -0.368 e. The molecular formula is C36H40ClN5O2S. The van der Waals surface area contributed by atoms with Gasteiger partial charge in [-0.15, -0.1) is 11.3 Å². The van der Waals surface area contributed by atoms with Crippen molar-refractivity contribution in [2.45, 2.75) is 44.4 Å². The van der Waals surface area contributed by atoms with Crippen LogP contribution in [0.2, 0.25) is 5.02 Å². The van der Waals surface area contributed by atoms with Gasteiger partial charge in [0, 0.05) is 67.8 Å². The summed E-state index contributed by atoms with van der Waals surface area (Å²) in [6.07, 6.45) is 2.04. The lowest BCUT2D eigenvalue weighted by atomic mass is 9.95. The SMILES string of the molecule is O=C(N[C@H](Cc1ccc(Cl)cc1)C(=O)N1CCN(c2ccccc2CNCCc2cccs2)CC1)[C@@H]1Cc2ccccc2CN1. The molecule has 7 nitrogen and oxygen atoms in total. The molecule has 9 heteroatoms. The molecule has 0 saturated carbocycles. The Balaban J connectivity index is 1.08. The lowest BCUT2D eigenvalue weighted by Gasteiger charge is -2.38. The minimum atomic E-state index is -0.663. The van der Waals surface area contributed by atoms with Gasteiger partial charge in [-0.2, -0.15) is 0 Å². The molecule has 45 heavy (non-hydrogen) atoms. The summed E-state index contributed by atoms with van der Waals surface area (Å²) in [5.41, 5.74) is 5.81. The topological polar surface area (TPSA) is 76.7 Å². The molecule has 0 spiro atoms. The number of anilines is 1. The second-order valence-corrected chi connectivity index (χ2v) is 13.2. The third-order valence-corrected chi connectivity index (χ3v) is 9.92. The summed E-state index contributed by atoms with van der Waals surface area (Å²) < 4.78 is 0. The van der Waals surface area contributed by atoms with Gasteiger partial charge in [0.2, 0.25) is 11.8 Å². The second kappa shape index (κ2) is 15.1. The summed E-state index contributed by atoms with van der Waals surface area (Å²) in [5, 5.41) is 12.8. The van der Waals surface area contributed by atoms with E-state index in [0.29, 0.717) is 37.5 Å². The Bertz CT molecular complexity index is 1570. The van der Waals surface area contributed by atoms with Crippen LogP contribution in [-0.2, 0) is 41.9 Å². The molecule has 1 fully saturated rings. The number of benzene rings is 3. The molecule has 2 amide bonds. The van der Waals surface area contributed by atoms with E-state index in [2.05, 4.69) is 74.8 Å². The van der Waals surface area contributed by atoms with Crippen LogP contribution < -0.4 is 20.9 Å². The maximum atomic E-state index is 14.0. The van der Waals surface area contributed by atoms with E-state index >= 15 is 0 Å². The number of hydrogen-bond donors (Lipinski definition) is 3. The highest BCUT2D eigenvalue weighted by Gasteiger charge is 2.32. The zero-order valence-electron chi connectivity index (χ0n) is 25.4. The van der Waals surface area contributed by atoms with Gasteiger partial charge in [0.1, 0.15) is 6.04 Å². The maximum absolute atomic E-state index is 14.0. The molecule has 3 N–H and O–H groups in total. The van der Waals surface area contributed by atoms with Gasteiger partial charge in [0.25, 0.3) is 0 Å². The number of hydrogen-bond acceptors (Lipinski definition) is 6. The standard InChI is InChI=1S/C36H40ClN5O2S/c37-30-13-11-26(12-14-30)22-33(40-35(43)32-23-27-6-1-2-7-28(27)25-39-32)36(44)42-19-17-41(18-20-42)34-10-4-3-8-29(34)24-38-16-15-31-9-5-21-45-31/h1-14,21,32-33,38-39H,15-20,22-25H2,(H,40,43)/t32-,33+/m0/s1. The first-order valence-electron chi connectivity index (χ1n) is 15.7. The number of thiophene rings is 1. The van der Waals surface area contributed by atoms with E-state index in [9.17, 15) is 9.59 Å². The average molecular weight is 642 g/mol. The zero-order chi connectivity index (χ0) is 31.0. The van der Waals surface area contributed by atoms with Gasteiger partial charge in [-0.3, -0.25) is 9.59 Å². The Morgan fingerprint density at radius 1 is 0.911 bits per heavy atom. The fraction of sp³-hybridized carbons (Fsp3) is 0.333. The predicted octanol–water partition coefficient (Wildman–Crippen LogP) is 4.82. The fourth-order valence-corrected chi connectivity index (χ4v) is 7.05.